The quantitative estimate of drug-likeness (QED) is 0.0812. The molecule has 0 unspecified atom stereocenters. The fourth-order valence-electron chi connectivity index (χ4n) is 7.27. The van der Waals surface area contributed by atoms with E-state index in [1.165, 1.54) is 38.6 Å². The van der Waals surface area contributed by atoms with Crippen LogP contribution in [0, 0.1) is 13.8 Å². The van der Waals surface area contributed by atoms with Gasteiger partial charge in [0.2, 0.25) is 0 Å². The second-order valence-corrected chi connectivity index (χ2v) is 24.3. The summed E-state index contributed by atoms with van der Waals surface area (Å²) in [7, 11) is -10.1. The Kier molecular flexibility index (Phi) is 27.4. The van der Waals surface area contributed by atoms with Crippen LogP contribution >= 0.6 is 24.1 Å². The zero-order chi connectivity index (χ0) is 53.8. The van der Waals surface area contributed by atoms with Crippen LogP contribution in [0.25, 0.3) is 6.08 Å². The van der Waals surface area contributed by atoms with Crippen LogP contribution in [-0.2, 0) is 38.6 Å². The van der Waals surface area contributed by atoms with Crippen molar-refractivity contribution in [3.63, 3.8) is 0 Å². The molecule has 0 saturated carbocycles. The molecule has 0 saturated heterocycles. The molecule has 0 aliphatic carbocycles. The van der Waals surface area contributed by atoms with Crippen LogP contribution in [0.4, 0.5) is 25.7 Å². The predicted molar refractivity (Wildman–Crippen MR) is 297 cm³/mol. The molecule has 6 aromatic rings. The van der Waals surface area contributed by atoms with Gasteiger partial charge in [-0.25, -0.2) is 0 Å². The summed E-state index contributed by atoms with van der Waals surface area (Å²) >= 11 is 3.46. The number of ether oxygens (including phenoxy) is 9. The summed E-state index contributed by atoms with van der Waals surface area (Å²) < 4.78 is 102. The van der Waals surface area contributed by atoms with Crippen LogP contribution < -0.4 is 34.2 Å². The van der Waals surface area contributed by atoms with Gasteiger partial charge in [0.1, 0.15) is 46.9 Å². The number of para-hydroxylation sites is 2. The van der Waals surface area contributed by atoms with Crippen LogP contribution in [0.5, 0.6) is 28.7 Å². The minimum atomic E-state index is -8.55. The molecule has 414 valence electrons. The van der Waals surface area contributed by atoms with E-state index < -0.39 is 16.2 Å². The number of nitrogens with one attached hydrogen (secondary N) is 1. The monoisotopic (exact) mass is 1160 g/mol. The summed E-state index contributed by atoms with van der Waals surface area (Å²) in [5.41, 5.74) is 10.0. The molecule has 7 rings (SSSR count). The van der Waals surface area contributed by atoms with E-state index in [-0.39, 0.29) is 4.70 Å². The van der Waals surface area contributed by atoms with Crippen molar-refractivity contribution in [1.82, 2.24) is 5.32 Å². The van der Waals surface area contributed by atoms with Crippen molar-refractivity contribution in [2.45, 2.75) is 46.6 Å². The van der Waals surface area contributed by atoms with Crippen molar-refractivity contribution < 1.29 is 68.3 Å². The van der Waals surface area contributed by atoms with Crippen LogP contribution in [0.2, 0.25) is 13.1 Å². The van der Waals surface area contributed by atoms with Crippen LogP contribution in [-0.4, -0.2) is 87.4 Å². The van der Waals surface area contributed by atoms with E-state index >= 15 is 0 Å². The van der Waals surface area contributed by atoms with E-state index in [4.69, 9.17) is 42.6 Å². The maximum absolute atomic E-state index is 9.84. The van der Waals surface area contributed by atoms with E-state index in [9.17, 15) is 21.0 Å². The standard InChI is InChI=1S/C33H37NOSi.C24H31BrO8.F5P.FH/c1-26-20-27(2)22-31(21-26)24-34-23-29-14-16-32(17-15-29)35-25-30-12-10-28(11-13-30)18-19-36(3,4)33-8-6-5-7-9-33;25-20-5-6-23-24(19-20)33-18-14-29-10-9-27-12-16-31-22-4-2-1-3-21(22)30-15-11-26-7-8-28-13-17-32-23;1-6(2,3,4)5;/h5-22,34H,23-25H2,1-4H3;1-6,19H,7-18H2;;1H/b19-18+;;;. The molecule has 0 atom stereocenters. The first-order valence-corrected chi connectivity index (χ1v) is 30.1. The molecule has 1 aliphatic rings. The average Bonchev–Trinajstić information content (AvgIpc) is 3.37. The zero-order valence-electron chi connectivity index (χ0n) is 43.3. The fourth-order valence-corrected chi connectivity index (χ4v) is 9.47. The topological polar surface area (TPSA) is 95.1 Å². The number of rotatable bonds is 10. The van der Waals surface area contributed by atoms with Crippen molar-refractivity contribution in [2.75, 3.05) is 79.3 Å². The molecule has 1 N–H and O–H groups in total. The number of aryl methyl sites for hydroxylation is 2. The molecule has 0 fully saturated rings. The third-order valence-electron chi connectivity index (χ3n) is 10.9. The summed E-state index contributed by atoms with van der Waals surface area (Å²) in [6, 6.07) is 47.8. The van der Waals surface area contributed by atoms with Gasteiger partial charge in [0.15, 0.2) is 23.0 Å². The van der Waals surface area contributed by atoms with Gasteiger partial charge >= 0.3 is 29.1 Å². The van der Waals surface area contributed by atoms with Gasteiger partial charge in [-0.2, -0.15) is 0 Å². The summed E-state index contributed by atoms with van der Waals surface area (Å²) in [4.78, 5) is 0. The first-order chi connectivity index (χ1) is 35.9. The Balaban J connectivity index is 0.000000294. The predicted octanol–water partition coefficient (Wildman–Crippen LogP) is 14.2. The number of halogens is 7. The molecule has 76 heavy (non-hydrogen) atoms. The third kappa shape index (κ3) is 27.1. The Hall–Kier alpha value is -5.43. The summed E-state index contributed by atoms with van der Waals surface area (Å²) in [6.45, 7) is 16.7. The molecule has 0 amide bonds. The molecule has 0 aromatic heterocycles. The Morgan fingerprint density at radius 2 is 0.947 bits per heavy atom. The first kappa shape index (κ1) is 63.1. The molecule has 1 aliphatic heterocycles. The summed E-state index contributed by atoms with van der Waals surface area (Å²) in [5, 5.41) is 4.99. The Morgan fingerprint density at radius 1 is 0.513 bits per heavy atom. The van der Waals surface area contributed by atoms with Gasteiger partial charge in [-0.1, -0.05) is 154 Å². The van der Waals surface area contributed by atoms with Gasteiger partial charge in [-0.15, -0.1) is 0 Å². The number of hydrogen-bond donors (Lipinski definition) is 1. The second-order valence-electron chi connectivity index (χ2n) is 17.7. The molecule has 19 heteroatoms. The maximum atomic E-state index is 9.84. The summed E-state index contributed by atoms with van der Waals surface area (Å²) in [6.07, 6.45) is 2.26. The van der Waals surface area contributed by atoms with Gasteiger partial charge in [-0.05, 0) is 78.6 Å². The molecular formula is C57H69BrF6NO9PSi. The second kappa shape index (κ2) is 33.0. The van der Waals surface area contributed by atoms with Crippen LogP contribution in [0.1, 0.15) is 33.4 Å². The van der Waals surface area contributed by atoms with Crippen molar-refractivity contribution >= 4 is 43.4 Å². The first-order valence-electron chi connectivity index (χ1n) is 24.6. The third-order valence-corrected chi connectivity index (χ3v) is 14.2. The van der Waals surface area contributed by atoms with Gasteiger partial charge in [0.05, 0.1) is 52.9 Å². The molecule has 0 radical (unpaired) electrons. The average molecular weight is 1170 g/mol. The van der Waals surface area contributed by atoms with Crippen molar-refractivity contribution in [2.24, 2.45) is 0 Å². The minimum absolute atomic E-state index is 0. The van der Waals surface area contributed by atoms with E-state index in [0.29, 0.717) is 109 Å². The SMILES string of the molecule is Brc1ccc2c(c1)OCCOCCOCCOc1ccccc1OCCOCCOCCO2.Cc1cc(C)cc(CNCc2ccc(OCc3ccc(/C=C/[Si](C)(C)c4ccccc4)cc3)cc2)c1.F.FP(F)(F)(F)F. The zero-order valence-corrected chi connectivity index (χ0v) is 46.8. The van der Waals surface area contributed by atoms with Crippen LogP contribution in [0.3, 0.4) is 0 Å². The van der Waals surface area contributed by atoms with Gasteiger partial charge in [-0.3, -0.25) is 4.70 Å². The molecule has 1 heterocycles. The fraction of sp³-hybridized carbons (Fsp3) is 0.333. The van der Waals surface area contributed by atoms with E-state index in [1.807, 2.05) is 42.5 Å². The van der Waals surface area contributed by atoms with E-state index in [2.05, 4.69) is 157 Å². The van der Waals surface area contributed by atoms with Crippen LogP contribution in [0.15, 0.2) is 150 Å². The number of fused-ring (bicyclic) bond motifs is 2. The Labute approximate surface area is 452 Å². The molecule has 10 nitrogen and oxygen atoms in total. The Bertz CT molecular complexity index is 2580. The van der Waals surface area contributed by atoms with Gasteiger partial charge in [0.25, 0.3) is 0 Å². The Morgan fingerprint density at radius 3 is 1.46 bits per heavy atom. The summed E-state index contributed by atoms with van der Waals surface area (Å²) in [5.74, 6) is 3.57. The van der Waals surface area contributed by atoms with Crippen molar-refractivity contribution in [1.29, 1.82) is 0 Å². The van der Waals surface area contributed by atoms with Crippen molar-refractivity contribution in [3.8, 4) is 28.7 Å². The van der Waals surface area contributed by atoms with Gasteiger partial charge < -0.3 is 47.9 Å². The van der Waals surface area contributed by atoms with E-state index in [0.717, 1.165) is 23.3 Å². The van der Waals surface area contributed by atoms with Gasteiger partial charge in [0, 0.05) is 17.6 Å². The normalized spacial score (nSPS) is 14.9. The number of benzene rings is 6. The van der Waals surface area contributed by atoms with Crippen molar-refractivity contribution in [3.05, 3.63) is 183 Å². The number of hydrogen-bond acceptors (Lipinski definition) is 10. The van der Waals surface area contributed by atoms with E-state index in [1.54, 1.807) is 0 Å². The molecule has 6 aromatic carbocycles. The molecule has 0 spiro atoms. The molecular weight excluding hydrogens is 1100 g/mol. The molecule has 0 bridgehead atoms.